The summed E-state index contributed by atoms with van der Waals surface area (Å²) in [5.41, 5.74) is 3.03. The molecule has 0 saturated heterocycles. The molecule has 0 aliphatic carbocycles. The molecule has 0 amide bonds. The molecule has 2 aromatic rings. The standard InChI is InChI=1S/C17H16ClIO/c1-11(2)13-5-3-12(4-6-13)9-17(20)15-10-14(18)7-8-16(15)19/h3-8,10-11H,9H2,1-2H3. The third kappa shape index (κ3) is 3.83. The van der Waals surface area contributed by atoms with E-state index in [1.165, 1.54) is 5.56 Å². The van der Waals surface area contributed by atoms with Crippen molar-refractivity contribution in [2.45, 2.75) is 26.2 Å². The van der Waals surface area contributed by atoms with Crippen molar-refractivity contribution in [3.8, 4) is 0 Å². The monoisotopic (exact) mass is 398 g/mol. The highest BCUT2D eigenvalue weighted by Crippen LogP contribution is 2.21. The lowest BCUT2D eigenvalue weighted by Gasteiger charge is -2.08. The number of hydrogen-bond acceptors (Lipinski definition) is 1. The third-order valence-corrected chi connectivity index (χ3v) is 4.42. The Labute approximate surface area is 138 Å². The Bertz CT molecular complexity index is 617. The Balaban J connectivity index is 2.17. The number of Topliss-reactive ketones (excluding diaryl/α,β-unsaturated/α-hetero) is 1. The maximum absolute atomic E-state index is 12.3. The molecule has 2 aromatic carbocycles. The molecule has 0 bridgehead atoms. The minimum Gasteiger partial charge on any atom is -0.294 e. The number of ketones is 1. The van der Waals surface area contributed by atoms with Crippen molar-refractivity contribution in [1.82, 2.24) is 0 Å². The van der Waals surface area contributed by atoms with Crippen molar-refractivity contribution >= 4 is 40.0 Å². The first-order chi connectivity index (χ1) is 9.47. The zero-order chi connectivity index (χ0) is 14.7. The van der Waals surface area contributed by atoms with Gasteiger partial charge in [-0.25, -0.2) is 0 Å². The summed E-state index contributed by atoms with van der Waals surface area (Å²) in [4.78, 5) is 12.3. The van der Waals surface area contributed by atoms with Crippen LogP contribution in [0, 0.1) is 3.57 Å². The number of halogens is 2. The molecule has 0 N–H and O–H groups in total. The van der Waals surface area contributed by atoms with E-state index >= 15 is 0 Å². The lowest BCUT2D eigenvalue weighted by Crippen LogP contribution is -2.06. The van der Waals surface area contributed by atoms with Crippen molar-refractivity contribution in [2.24, 2.45) is 0 Å². The van der Waals surface area contributed by atoms with Crippen LogP contribution in [-0.4, -0.2) is 5.78 Å². The molecule has 3 heteroatoms. The fraction of sp³-hybridized carbons (Fsp3) is 0.235. The SMILES string of the molecule is CC(C)c1ccc(CC(=O)c2cc(Cl)ccc2I)cc1. The van der Waals surface area contributed by atoms with E-state index in [1.807, 2.05) is 18.2 Å². The van der Waals surface area contributed by atoms with Crippen LogP contribution in [0.25, 0.3) is 0 Å². The lowest BCUT2D eigenvalue weighted by atomic mass is 9.98. The number of carbonyl (C=O) groups is 1. The minimum absolute atomic E-state index is 0.106. The van der Waals surface area contributed by atoms with Gasteiger partial charge < -0.3 is 0 Å². The molecule has 0 radical (unpaired) electrons. The van der Waals surface area contributed by atoms with Gasteiger partial charge in [0.1, 0.15) is 0 Å². The van der Waals surface area contributed by atoms with E-state index < -0.39 is 0 Å². The molecular formula is C17H16ClIO. The van der Waals surface area contributed by atoms with Gasteiger partial charge in [0.25, 0.3) is 0 Å². The van der Waals surface area contributed by atoms with E-state index in [1.54, 1.807) is 12.1 Å². The summed E-state index contributed by atoms with van der Waals surface area (Å²) in [6.07, 6.45) is 0.411. The average Bonchev–Trinajstić information content (AvgIpc) is 2.42. The number of hydrogen-bond donors (Lipinski definition) is 0. The zero-order valence-electron chi connectivity index (χ0n) is 11.5. The second kappa shape index (κ2) is 6.72. The summed E-state index contributed by atoms with van der Waals surface area (Å²) in [5, 5.41) is 0.601. The molecule has 1 nitrogen and oxygen atoms in total. The molecule has 0 unspecified atom stereocenters. The van der Waals surface area contributed by atoms with Crippen molar-refractivity contribution in [3.63, 3.8) is 0 Å². The molecule has 0 aliphatic rings. The molecule has 0 atom stereocenters. The van der Waals surface area contributed by atoms with Crippen molar-refractivity contribution in [1.29, 1.82) is 0 Å². The van der Waals surface area contributed by atoms with Gasteiger partial charge in [-0.2, -0.15) is 0 Å². The summed E-state index contributed by atoms with van der Waals surface area (Å²) in [5.74, 6) is 0.614. The van der Waals surface area contributed by atoms with Crippen LogP contribution in [0.15, 0.2) is 42.5 Å². The quantitative estimate of drug-likeness (QED) is 0.491. The largest absolute Gasteiger partial charge is 0.294 e. The van der Waals surface area contributed by atoms with Gasteiger partial charge in [-0.15, -0.1) is 0 Å². The van der Waals surface area contributed by atoms with Crippen LogP contribution in [0.3, 0.4) is 0 Å². The topological polar surface area (TPSA) is 17.1 Å². The van der Waals surface area contributed by atoms with Crippen LogP contribution in [0.4, 0.5) is 0 Å². The Kier molecular flexibility index (Phi) is 5.22. The van der Waals surface area contributed by atoms with Crippen LogP contribution in [-0.2, 0) is 6.42 Å². The van der Waals surface area contributed by atoms with Gasteiger partial charge in [-0.3, -0.25) is 4.79 Å². The van der Waals surface area contributed by atoms with E-state index in [2.05, 4.69) is 48.6 Å². The Morgan fingerprint density at radius 1 is 1.15 bits per heavy atom. The predicted octanol–water partition coefficient (Wildman–Crippen LogP) is 5.49. The van der Waals surface area contributed by atoms with Gasteiger partial charge in [0.2, 0.25) is 0 Å². The van der Waals surface area contributed by atoms with Gasteiger partial charge in [-0.1, -0.05) is 49.7 Å². The first kappa shape index (κ1) is 15.5. The number of carbonyl (C=O) groups excluding carboxylic acids is 1. The highest BCUT2D eigenvalue weighted by atomic mass is 127. The molecule has 0 aromatic heterocycles. The second-order valence-electron chi connectivity index (χ2n) is 5.12. The number of benzene rings is 2. The van der Waals surface area contributed by atoms with Gasteiger partial charge in [0.05, 0.1) is 0 Å². The lowest BCUT2D eigenvalue weighted by molar-refractivity contribution is 0.0992. The van der Waals surface area contributed by atoms with Crippen LogP contribution >= 0.6 is 34.2 Å². The Hall–Kier alpha value is -0.870. The first-order valence-electron chi connectivity index (χ1n) is 6.54. The first-order valence-corrected chi connectivity index (χ1v) is 8.00. The maximum atomic E-state index is 12.3. The molecule has 0 fully saturated rings. The van der Waals surface area contributed by atoms with E-state index in [9.17, 15) is 4.79 Å². The molecule has 0 spiro atoms. The van der Waals surface area contributed by atoms with Gasteiger partial charge in [0, 0.05) is 20.6 Å². The summed E-state index contributed by atoms with van der Waals surface area (Å²) in [6.45, 7) is 4.32. The van der Waals surface area contributed by atoms with E-state index in [4.69, 9.17) is 11.6 Å². The predicted molar refractivity (Wildman–Crippen MR) is 92.7 cm³/mol. The normalized spacial score (nSPS) is 10.8. The highest BCUT2D eigenvalue weighted by Gasteiger charge is 2.11. The molecule has 0 saturated carbocycles. The summed E-state index contributed by atoms with van der Waals surface area (Å²) >= 11 is 8.13. The second-order valence-corrected chi connectivity index (χ2v) is 6.72. The van der Waals surface area contributed by atoms with Crippen LogP contribution in [0.2, 0.25) is 5.02 Å². The molecule has 20 heavy (non-hydrogen) atoms. The molecule has 0 heterocycles. The van der Waals surface area contributed by atoms with Crippen molar-refractivity contribution in [3.05, 3.63) is 67.7 Å². The third-order valence-electron chi connectivity index (χ3n) is 3.24. The van der Waals surface area contributed by atoms with E-state index in [0.29, 0.717) is 22.9 Å². The van der Waals surface area contributed by atoms with Crippen LogP contribution in [0.5, 0.6) is 0 Å². The Morgan fingerprint density at radius 2 is 1.80 bits per heavy atom. The Morgan fingerprint density at radius 3 is 2.40 bits per heavy atom. The molecule has 2 rings (SSSR count). The van der Waals surface area contributed by atoms with Crippen molar-refractivity contribution in [2.75, 3.05) is 0 Å². The van der Waals surface area contributed by atoms with Crippen LogP contribution < -0.4 is 0 Å². The maximum Gasteiger partial charge on any atom is 0.168 e. The smallest absolute Gasteiger partial charge is 0.168 e. The van der Waals surface area contributed by atoms with Gasteiger partial charge in [-0.05, 0) is 57.8 Å². The van der Waals surface area contributed by atoms with Gasteiger partial charge in [0.15, 0.2) is 5.78 Å². The zero-order valence-corrected chi connectivity index (χ0v) is 14.4. The summed E-state index contributed by atoms with van der Waals surface area (Å²) in [7, 11) is 0. The van der Waals surface area contributed by atoms with Crippen LogP contribution in [0.1, 0.15) is 41.3 Å². The fourth-order valence-electron chi connectivity index (χ4n) is 2.01. The van der Waals surface area contributed by atoms with E-state index in [-0.39, 0.29) is 5.78 Å². The highest BCUT2D eigenvalue weighted by molar-refractivity contribution is 14.1. The summed E-state index contributed by atoms with van der Waals surface area (Å²) < 4.78 is 0.941. The summed E-state index contributed by atoms with van der Waals surface area (Å²) in [6, 6.07) is 13.7. The minimum atomic E-state index is 0.106. The number of rotatable bonds is 4. The van der Waals surface area contributed by atoms with E-state index in [0.717, 1.165) is 9.13 Å². The molecule has 104 valence electrons. The van der Waals surface area contributed by atoms with Crippen molar-refractivity contribution < 1.29 is 4.79 Å². The van der Waals surface area contributed by atoms with Gasteiger partial charge >= 0.3 is 0 Å². The molecule has 0 aliphatic heterocycles. The average molecular weight is 399 g/mol. The fourth-order valence-corrected chi connectivity index (χ4v) is 2.82. The molecular weight excluding hydrogens is 383 g/mol.